The van der Waals surface area contributed by atoms with Crippen LogP contribution in [0, 0.1) is 0 Å². The van der Waals surface area contributed by atoms with E-state index in [0.29, 0.717) is 22.8 Å². The molecule has 7 nitrogen and oxygen atoms in total. The molecular formula is C37H30N4O3S2. The van der Waals surface area contributed by atoms with Crippen LogP contribution in [0.3, 0.4) is 0 Å². The quantitative estimate of drug-likeness (QED) is 0.103. The van der Waals surface area contributed by atoms with Crippen LogP contribution in [0.4, 0.5) is 10.8 Å². The van der Waals surface area contributed by atoms with Gasteiger partial charge >= 0.3 is 0 Å². The molecule has 3 amide bonds. The zero-order chi connectivity index (χ0) is 31.9. The van der Waals surface area contributed by atoms with E-state index in [-0.39, 0.29) is 16.9 Å². The van der Waals surface area contributed by atoms with Gasteiger partial charge in [0.15, 0.2) is 5.13 Å². The van der Waals surface area contributed by atoms with Crippen LogP contribution in [-0.4, -0.2) is 28.0 Å². The van der Waals surface area contributed by atoms with Crippen molar-refractivity contribution in [3.8, 4) is 0 Å². The van der Waals surface area contributed by atoms with E-state index in [4.69, 9.17) is 0 Å². The molecule has 1 aromatic heterocycles. The predicted molar refractivity (Wildman–Crippen MR) is 189 cm³/mol. The molecular weight excluding hydrogens is 613 g/mol. The summed E-state index contributed by atoms with van der Waals surface area (Å²) in [5, 5.41) is 10.9. The van der Waals surface area contributed by atoms with Crippen molar-refractivity contribution in [2.75, 3.05) is 10.6 Å². The number of thioether (sulfide) groups is 1. The zero-order valence-corrected chi connectivity index (χ0v) is 26.5. The number of nitrogens with zero attached hydrogens (tertiary/aromatic N) is 1. The summed E-state index contributed by atoms with van der Waals surface area (Å²) in [6.45, 7) is 1.96. The lowest BCUT2D eigenvalue weighted by Crippen LogP contribution is -2.30. The van der Waals surface area contributed by atoms with E-state index in [9.17, 15) is 14.4 Å². The molecule has 1 unspecified atom stereocenters. The summed E-state index contributed by atoms with van der Waals surface area (Å²) in [6, 6.07) is 37.6. The minimum absolute atomic E-state index is 0.102. The summed E-state index contributed by atoms with van der Waals surface area (Å²) < 4.78 is 1.01. The van der Waals surface area contributed by atoms with Gasteiger partial charge in [-0.3, -0.25) is 14.4 Å². The highest BCUT2D eigenvalue weighted by atomic mass is 32.2. The lowest BCUT2D eigenvalue weighted by atomic mass is 10.0. The number of hydrogen-bond acceptors (Lipinski definition) is 6. The fraction of sp³-hybridized carbons (Fsp3) is 0.0811. The van der Waals surface area contributed by atoms with Gasteiger partial charge in [0.2, 0.25) is 5.91 Å². The van der Waals surface area contributed by atoms with Crippen molar-refractivity contribution in [3.05, 3.63) is 138 Å². The number of rotatable bonds is 10. The van der Waals surface area contributed by atoms with Crippen molar-refractivity contribution >= 4 is 78.7 Å². The Hall–Kier alpha value is -5.25. The molecule has 1 heterocycles. The van der Waals surface area contributed by atoms with Gasteiger partial charge in [0, 0.05) is 16.1 Å². The Morgan fingerprint density at radius 3 is 2.39 bits per heavy atom. The first-order chi connectivity index (χ1) is 22.5. The molecule has 1 atom stereocenters. The molecule has 9 heteroatoms. The second-order valence-corrected chi connectivity index (χ2v) is 12.7. The van der Waals surface area contributed by atoms with Gasteiger partial charge in [0.05, 0.1) is 15.5 Å². The summed E-state index contributed by atoms with van der Waals surface area (Å²) in [5.74, 6) is -0.999. The molecule has 0 saturated heterocycles. The van der Waals surface area contributed by atoms with Crippen LogP contribution in [0.25, 0.3) is 27.1 Å². The molecule has 0 aliphatic rings. The van der Waals surface area contributed by atoms with Gasteiger partial charge in [-0.25, -0.2) is 4.98 Å². The van der Waals surface area contributed by atoms with E-state index in [2.05, 4.69) is 20.9 Å². The van der Waals surface area contributed by atoms with Crippen LogP contribution in [0.2, 0.25) is 0 Å². The van der Waals surface area contributed by atoms with Crippen molar-refractivity contribution in [1.82, 2.24) is 10.3 Å². The summed E-state index contributed by atoms with van der Waals surface area (Å²) in [7, 11) is 0. The number of thiazole rings is 1. The second-order valence-electron chi connectivity index (χ2n) is 10.4. The molecule has 6 aromatic rings. The van der Waals surface area contributed by atoms with Crippen molar-refractivity contribution in [2.24, 2.45) is 0 Å². The smallest absolute Gasteiger partial charge is 0.272 e. The average Bonchev–Trinajstić information content (AvgIpc) is 3.50. The Kier molecular flexibility index (Phi) is 9.52. The molecule has 0 radical (unpaired) electrons. The van der Waals surface area contributed by atoms with Gasteiger partial charge < -0.3 is 16.0 Å². The topological polar surface area (TPSA) is 100 Å². The first-order valence-electron chi connectivity index (χ1n) is 14.8. The molecule has 5 aromatic carbocycles. The van der Waals surface area contributed by atoms with Crippen molar-refractivity contribution in [2.45, 2.75) is 23.5 Å². The SMILES string of the molecule is CCC(Sc1cccc(NC(=O)/C(=C\c2cccc3ccccc23)NC(=O)c2ccccc2)c1)C(=O)Nc1nc2ccccc2s1. The van der Waals surface area contributed by atoms with Crippen LogP contribution in [0.1, 0.15) is 29.3 Å². The second kappa shape index (κ2) is 14.2. The van der Waals surface area contributed by atoms with Gasteiger partial charge in [-0.15, -0.1) is 11.8 Å². The molecule has 6 rings (SSSR count). The third-order valence-electron chi connectivity index (χ3n) is 7.21. The van der Waals surface area contributed by atoms with Crippen LogP contribution < -0.4 is 16.0 Å². The fourth-order valence-corrected chi connectivity index (χ4v) is 6.80. The maximum atomic E-state index is 13.7. The number of amides is 3. The van der Waals surface area contributed by atoms with Crippen LogP contribution in [-0.2, 0) is 9.59 Å². The molecule has 3 N–H and O–H groups in total. The molecule has 46 heavy (non-hydrogen) atoms. The van der Waals surface area contributed by atoms with Gasteiger partial charge in [-0.05, 0) is 71.3 Å². The average molecular weight is 643 g/mol. The molecule has 0 fully saturated rings. The number of para-hydroxylation sites is 1. The van der Waals surface area contributed by atoms with E-state index in [1.807, 2.05) is 97.9 Å². The highest BCUT2D eigenvalue weighted by Gasteiger charge is 2.21. The number of hydrogen-bond donors (Lipinski definition) is 3. The molecule has 0 saturated carbocycles. The minimum Gasteiger partial charge on any atom is -0.321 e. The number of nitrogens with one attached hydrogen (secondary N) is 3. The molecule has 0 aliphatic carbocycles. The summed E-state index contributed by atoms with van der Waals surface area (Å²) in [5.41, 5.74) is 2.72. The minimum atomic E-state index is -0.472. The number of benzene rings is 5. The largest absolute Gasteiger partial charge is 0.321 e. The highest BCUT2D eigenvalue weighted by Crippen LogP contribution is 2.31. The first kappa shape index (κ1) is 30.8. The monoisotopic (exact) mass is 642 g/mol. The Labute approximate surface area is 274 Å². The van der Waals surface area contributed by atoms with Gasteiger partial charge in [-0.1, -0.05) is 97.1 Å². The lowest BCUT2D eigenvalue weighted by molar-refractivity contribution is -0.116. The van der Waals surface area contributed by atoms with Gasteiger partial charge in [0.1, 0.15) is 5.70 Å². The van der Waals surface area contributed by atoms with E-state index >= 15 is 0 Å². The number of fused-ring (bicyclic) bond motifs is 2. The maximum absolute atomic E-state index is 13.7. The van der Waals surface area contributed by atoms with Crippen molar-refractivity contribution < 1.29 is 14.4 Å². The lowest BCUT2D eigenvalue weighted by Gasteiger charge is -2.15. The number of carbonyl (C=O) groups excluding carboxylic acids is 3. The summed E-state index contributed by atoms with van der Waals surface area (Å²) >= 11 is 2.85. The summed E-state index contributed by atoms with van der Waals surface area (Å²) in [6.07, 6.45) is 2.29. The third-order valence-corrected chi connectivity index (χ3v) is 9.52. The molecule has 0 spiro atoms. The van der Waals surface area contributed by atoms with Gasteiger partial charge in [0.25, 0.3) is 11.8 Å². The Morgan fingerprint density at radius 2 is 1.57 bits per heavy atom. The Bertz CT molecular complexity index is 2040. The molecule has 0 bridgehead atoms. The maximum Gasteiger partial charge on any atom is 0.272 e. The van der Waals surface area contributed by atoms with E-state index in [1.165, 1.54) is 23.1 Å². The normalized spacial score (nSPS) is 12.1. The van der Waals surface area contributed by atoms with Crippen LogP contribution in [0.5, 0.6) is 0 Å². The third kappa shape index (κ3) is 7.34. The Balaban J connectivity index is 1.21. The van der Waals surface area contributed by atoms with Gasteiger partial charge in [-0.2, -0.15) is 0 Å². The van der Waals surface area contributed by atoms with E-state index in [0.717, 1.165) is 31.4 Å². The molecule has 0 aliphatic heterocycles. The number of aromatic nitrogens is 1. The first-order valence-corrected chi connectivity index (χ1v) is 16.5. The fourth-order valence-electron chi connectivity index (χ4n) is 4.92. The molecule has 228 valence electrons. The highest BCUT2D eigenvalue weighted by molar-refractivity contribution is 8.00. The van der Waals surface area contributed by atoms with E-state index in [1.54, 1.807) is 36.4 Å². The Morgan fingerprint density at radius 1 is 0.826 bits per heavy atom. The predicted octanol–water partition coefficient (Wildman–Crippen LogP) is 8.37. The standard InChI is InChI=1S/C37H30N4O3S2/c1-2-32(36(44)41-37-40-30-20-8-9-21-33(30)46-37)45-28-18-11-17-27(23-28)38-35(43)31(39-34(42)25-13-4-3-5-14-25)22-26-16-10-15-24-12-6-7-19-29(24)26/h3-23,32H,2H2,1H3,(H,38,43)(H,39,42)(H,40,41,44)/b31-22+. The van der Waals surface area contributed by atoms with Crippen molar-refractivity contribution in [3.63, 3.8) is 0 Å². The zero-order valence-electron chi connectivity index (χ0n) is 24.9. The number of carbonyl (C=O) groups is 3. The van der Waals surface area contributed by atoms with E-state index < -0.39 is 11.8 Å². The van der Waals surface area contributed by atoms with Crippen LogP contribution >= 0.6 is 23.1 Å². The van der Waals surface area contributed by atoms with Crippen molar-refractivity contribution in [1.29, 1.82) is 0 Å². The number of anilines is 2. The van der Waals surface area contributed by atoms with Crippen LogP contribution in [0.15, 0.2) is 132 Å². The summed E-state index contributed by atoms with van der Waals surface area (Å²) in [4.78, 5) is 45.4.